The van der Waals surface area contributed by atoms with Crippen LogP contribution in [-0.2, 0) is 16.6 Å². The summed E-state index contributed by atoms with van der Waals surface area (Å²) in [6.07, 6.45) is 4.25. The van der Waals surface area contributed by atoms with E-state index >= 15 is 0 Å². The normalized spacial score (nSPS) is 19.8. The van der Waals surface area contributed by atoms with Crippen LogP contribution in [0, 0.1) is 12.8 Å². The maximum atomic E-state index is 12.7. The summed E-state index contributed by atoms with van der Waals surface area (Å²) < 4.78 is 28.7. The molecular weight excluding hydrogens is 310 g/mol. The van der Waals surface area contributed by atoms with E-state index in [1.54, 1.807) is 10.5 Å². The Kier molecular flexibility index (Phi) is 5.33. The molecule has 0 N–H and O–H groups in total. The third-order valence-corrected chi connectivity index (χ3v) is 6.30. The summed E-state index contributed by atoms with van der Waals surface area (Å²) in [5, 5.41) is 0.270. The molecule has 1 aliphatic heterocycles. The number of aryl methyl sites for hydroxylation is 2. The molecule has 1 aromatic heterocycles. The highest BCUT2D eigenvalue weighted by Gasteiger charge is 2.32. The lowest BCUT2D eigenvalue weighted by Crippen LogP contribution is -2.40. The maximum absolute atomic E-state index is 12.7. The van der Waals surface area contributed by atoms with Gasteiger partial charge in [-0.2, -0.15) is 4.31 Å². The van der Waals surface area contributed by atoms with E-state index in [1.807, 2.05) is 18.4 Å². The first-order chi connectivity index (χ1) is 9.86. The van der Waals surface area contributed by atoms with E-state index in [1.165, 1.54) is 0 Å². The third-order valence-electron chi connectivity index (χ3n) is 4.17. The van der Waals surface area contributed by atoms with Crippen LogP contribution in [0.5, 0.6) is 0 Å². The van der Waals surface area contributed by atoms with Gasteiger partial charge in [0.2, 0.25) is 0 Å². The Hall–Kier alpha value is -0.590. The van der Waals surface area contributed by atoms with Crippen molar-refractivity contribution in [3.05, 3.63) is 12.0 Å². The number of halogens is 1. The topological polar surface area (TPSA) is 55.2 Å². The van der Waals surface area contributed by atoms with Crippen LogP contribution in [0.15, 0.2) is 11.2 Å². The van der Waals surface area contributed by atoms with Gasteiger partial charge in [-0.1, -0.05) is 6.92 Å². The van der Waals surface area contributed by atoms with Crippen LogP contribution in [0.4, 0.5) is 0 Å². The Morgan fingerprint density at radius 3 is 2.57 bits per heavy atom. The summed E-state index contributed by atoms with van der Waals surface area (Å²) in [7, 11) is -3.47. The van der Waals surface area contributed by atoms with Crippen molar-refractivity contribution in [1.29, 1.82) is 0 Å². The van der Waals surface area contributed by atoms with Gasteiger partial charge in [0.1, 0.15) is 5.82 Å². The molecule has 0 amide bonds. The Morgan fingerprint density at radius 1 is 1.43 bits per heavy atom. The summed E-state index contributed by atoms with van der Waals surface area (Å²) in [5.74, 6) is 1.15. The number of rotatable bonds is 5. The highest BCUT2D eigenvalue weighted by Crippen LogP contribution is 2.27. The number of alkyl halides is 1. The average molecular weight is 334 g/mol. The van der Waals surface area contributed by atoms with Gasteiger partial charge in [0.25, 0.3) is 10.0 Å². The first-order valence-electron chi connectivity index (χ1n) is 7.54. The molecule has 0 radical (unpaired) electrons. The lowest BCUT2D eigenvalue weighted by molar-refractivity contribution is 0.271. The van der Waals surface area contributed by atoms with Crippen LogP contribution in [0.2, 0.25) is 0 Å². The van der Waals surface area contributed by atoms with E-state index in [0.29, 0.717) is 19.0 Å². The fourth-order valence-electron chi connectivity index (χ4n) is 2.78. The molecular formula is C14H24ClN3O2S. The molecule has 1 saturated heterocycles. The number of imidazole rings is 1. The molecule has 120 valence electrons. The van der Waals surface area contributed by atoms with Crippen molar-refractivity contribution in [2.45, 2.75) is 57.0 Å². The second-order valence-electron chi connectivity index (χ2n) is 5.74. The molecule has 1 atom stereocenters. The first kappa shape index (κ1) is 16.8. The van der Waals surface area contributed by atoms with Crippen molar-refractivity contribution in [3.63, 3.8) is 0 Å². The third kappa shape index (κ3) is 3.60. The Balaban J connectivity index is 2.14. The quantitative estimate of drug-likeness (QED) is 0.778. The smallest absolute Gasteiger partial charge is 0.262 e. The van der Waals surface area contributed by atoms with Gasteiger partial charge >= 0.3 is 0 Å². The van der Waals surface area contributed by atoms with Crippen molar-refractivity contribution in [1.82, 2.24) is 13.9 Å². The van der Waals surface area contributed by atoms with Crippen LogP contribution in [-0.4, -0.2) is 40.7 Å². The van der Waals surface area contributed by atoms with Crippen LogP contribution in [0.3, 0.4) is 0 Å². The number of hydrogen-bond donors (Lipinski definition) is 0. The molecule has 0 aromatic carbocycles. The molecule has 1 fully saturated rings. The molecule has 2 heterocycles. The predicted molar refractivity (Wildman–Crippen MR) is 84.1 cm³/mol. The second kappa shape index (κ2) is 6.67. The van der Waals surface area contributed by atoms with Gasteiger partial charge < -0.3 is 4.57 Å². The summed E-state index contributed by atoms with van der Waals surface area (Å²) in [4.78, 5) is 4.24. The van der Waals surface area contributed by atoms with Crippen LogP contribution in [0.1, 0.15) is 38.9 Å². The molecule has 21 heavy (non-hydrogen) atoms. The SMILES string of the molecule is CCCn1cc(S(=O)(=O)N2CCC(C(C)Cl)CC2)nc1C. The molecule has 1 aliphatic rings. The standard InChI is InChI=1S/C14H24ClN3O2S/c1-4-7-17-10-14(16-12(17)3)21(19,20)18-8-5-13(6-9-18)11(2)15/h10-11,13H,4-9H2,1-3H3. The minimum Gasteiger partial charge on any atom is -0.334 e. The molecule has 5 nitrogen and oxygen atoms in total. The Bertz CT molecular complexity index is 575. The number of hydrogen-bond acceptors (Lipinski definition) is 3. The van der Waals surface area contributed by atoms with Gasteiger partial charge in [-0.05, 0) is 39.0 Å². The maximum Gasteiger partial charge on any atom is 0.262 e. The summed E-state index contributed by atoms with van der Waals surface area (Å²) in [6.45, 7) is 7.74. The van der Waals surface area contributed by atoms with Crippen LogP contribution < -0.4 is 0 Å². The zero-order valence-electron chi connectivity index (χ0n) is 12.9. The lowest BCUT2D eigenvalue weighted by Gasteiger charge is -2.31. The van der Waals surface area contributed by atoms with Crippen molar-refractivity contribution >= 4 is 21.6 Å². The number of nitrogens with zero attached hydrogens (tertiary/aromatic N) is 3. The van der Waals surface area contributed by atoms with Crippen molar-refractivity contribution < 1.29 is 8.42 Å². The molecule has 2 rings (SSSR count). The minimum absolute atomic E-state index is 0.0980. The van der Waals surface area contributed by atoms with E-state index in [2.05, 4.69) is 11.9 Å². The van der Waals surface area contributed by atoms with Gasteiger partial charge in [-0.3, -0.25) is 0 Å². The van der Waals surface area contributed by atoms with E-state index in [0.717, 1.165) is 31.6 Å². The largest absolute Gasteiger partial charge is 0.334 e. The van der Waals surface area contributed by atoms with Gasteiger partial charge in [0.05, 0.1) is 0 Å². The molecule has 0 aliphatic carbocycles. The fourth-order valence-corrected chi connectivity index (χ4v) is 4.49. The molecule has 7 heteroatoms. The monoisotopic (exact) mass is 333 g/mol. The molecule has 0 bridgehead atoms. The zero-order chi connectivity index (χ0) is 15.6. The predicted octanol–water partition coefficient (Wildman–Crippen LogP) is 2.63. The van der Waals surface area contributed by atoms with Gasteiger partial charge in [-0.25, -0.2) is 13.4 Å². The highest BCUT2D eigenvalue weighted by molar-refractivity contribution is 7.89. The van der Waals surface area contributed by atoms with Crippen molar-refractivity contribution in [2.75, 3.05) is 13.1 Å². The second-order valence-corrected chi connectivity index (χ2v) is 8.31. The molecule has 0 saturated carbocycles. The summed E-state index contributed by atoms with van der Waals surface area (Å²) in [5.41, 5.74) is 0. The van der Waals surface area contributed by atoms with E-state index in [4.69, 9.17) is 11.6 Å². The minimum atomic E-state index is -3.47. The Morgan fingerprint density at radius 2 is 2.05 bits per heavy atom. The van der Waals surface area contributed by atoms with Crippen molar-refractivity contribution in [2.24, 2.45) is 5.92 Å². The van der Waals surface area contributed by atoms with E-state index in [-0.39, 0.29) is 10.4 Å². The van der Waals surface area contributed by atoms with Crippen molar-refractivity contribution in [3.8, 4) is 0 Å². The van der Waals surface area contributed by atoms with Gasteiger partial charge in [-0.15, -0.1) is 11.6 Å². The Labute approximate surface area is 132 Å². The molecule has 1 aromatic rings. The molecule has 0 spiro atoms. The zero-order valence-corrected chi connectivity index (χ0v) is 14.5. The fraction of sp³-hybridized carbons (Fsp3) is 0.786. The first-order valence-corrected chi connectivity index (χ1v) is 9.42. The van der Waals surface area contributed by atoms with Gasteiger partial charge in [0.15, 0.2) is 5.03 Å². The van der Waals surface area contributed by atoms with Crippen LogP contribution >= 0.6 is 11.6 Å². The van der Waals surface area contributed by atoms with Crippen LogP contribution in [0.25, 0.3) is 0 Å². The highest BCUT2D eigenvalue weighted by atomic mass is 35.5. The number of sulfonamides is 1. The number of aromatic nitrogens is 2. The van der Waals surface area contributed by atoms with E-state index < -0.39 is 10.0 Å². The number of piperidine rings is 1. The summed E-state index contributed by atoms with van der Waals surface area (Å²) in [6, 6.07) is 0. The molecule has 1 unspecified atom stereocenters. The van der Waals surface area contributed by atoms with E-state index in [9.17, 15) is 8.42 Å². The average Bonchev–Trinajstić information content (AvgIpc) is 2.81. The van der Waals surface area contributed by atoms with Gasteiger partial charge in [0, 0.05) is 31.2 Å². The summed E-state index contributed by atoms with van der Waals surface area (Å²) >= 11 is 6.11. The lowest BCUT2D eigenvalue weighted by atomic mass is 9.95.